The number of halogens is 3. The molecule has 0 spiro atoms. The smallest absolute Gasteiger partial charge is 0.156 e. The van der Waals surface area contributed by atoms with Crippen LogP contribution in [-0.4, -0.2) is 18.3 Å². The summed E-state index contributed by atoms with van der Waals surface area (Å²) in [5.74, 6) is 0.606. The summed E-state index contributed by atoms with van der Waals surface area (Å²) in [6.07, 6.45) is 0.602. The van der Waals surface area contributed by atoms with Crippen molar-refractivity contribution in [3.8, 4) is 17.2 Å². The van der Waals surface area contributed by atoms with Crippen LogP contribution in [0.5, 0.6) is 17.2 Å². The van der Waals surface area contributed by atoms with E-state index >= 15 is 0 Å². The number of ether oxygens (including phenoxy) is 2. The van der Waals surface area contributed by atoms with Crippen LogP contribution in [0.3, 0.4) is 0 Å². The molecule has 112 valence electrons. The van der Waals surface area contributed by atoms with Gasteiger partial charge in [-0.25, -0.2) is 4.39 Å². The summed E-state index contributed by atoms with van der Waals surface area (Å²) in [6.45, 7) is 0.768. The van der Waals surface area contributed by atoms with Crippen molar-refractivity contribution < 1.29 is 19.0 Å². The highest BCUT2D eigenvalue weighted by Crippen LogP contribution is 2.36. The summed E-state index contributed by atoms with van der Waals surface area (Å²) < 4.78 is 23.6. The minimum absolute atomic E-state index is 0.0167. The molecule has 0 atom stereocenters. The normalized spacial score (nSPS) is 10.4. The first kappa shape index (κ1) is 15.7. The standard InChI is InChI=1S/C15H13Cl2FO3/c16-13-8-11(19)9-14(17)15(13)21-7-1-6-20-12-4-2-10(18)3-5-12/h2-5,8-9,19H,1,6-7H2. The third kappa shape index (κ3) is 4.69. The average molecular weight is 331 g/mol. The van der Waals surface area contributed by atoms with Crippen molar-refractivity contribution in [2.24, 2.45) is 0 Å². The van der Waals surface area contributed by atoms with Crippen LogP contribution in [0, 0.1) is 5.82 Å². The van der Waals surface area contributed by atoms with E-state index in [4.69, 9.17) is 32.7 Å². The fraction of sp³-hybridized carbons (Fsp3) is 0.200. The van der Waals surface area contributed by atoms with E-state index in [1.165, 1.54) is 24.3 Å². The Balaban J connectivity index is 1.76. The second-order valence-corrected chi connectivity index (χ2v) is 5.06. The Bertz CT molecular complexity index is 579. The van der Waals surface area contributed by atoms with Gasteiger partial charge in [-0.2, -0.15) is 0 Å². The maximum absolute atomic E-state index is 12.7. The zero-order chi connectivity index (χ0) is 15.2. The second kappa shape index (κ2) is 7.38. The number of rotatable bonds is 6. The largest absolute Gasteiger partial charge is 0.508 e. The molecule has 1 N–H and O–H groups in total. The molecule has 0 heterocycles. The highest BCUT2D eigenvalue weighted by molar-refractivity contribution is 6.37. The third-order valence-corrected chi connectivity index (χ3v) is 3.16. The third-order valence-electron chi connectivity index (χ3n) is 2.60. The molecule has 0 bridgehead atoms. The van der Waals surface area contributed by atoms with Crippen molar-refractivity contribution in [3.63, 3.8) is 0 Å². The van der Waals surface area contributed by atoms with E-state index in [9.17, 15) is 9.50 Å². The summed E-state index contributed by atoms with van der Waals surface area (Å²) in [5, 5.41) is 9.80. The van der Waals surface area contributed by atoms with E-state index in [2.05, 4.69) is 0 Å². The Labute approximate surface area is 131 Å². The number of hydrogen-bond acceptors (Lipinski definition) is 3. The molecule has 2 aromatic rings. The van der Waals surface area contributed by atoms with E-state index < -0.39 is 0 Å². The molecular formula is C15H13Cl2FO3. The summed E-state index contributed by atoms with van der Waals surface area (Å²) in [7, 11) is 0. The number of hydrogen-bond donors (Lipinski definition) is 1. The minimum atomic E-state index is -0.303. The van der Waals surface area contributed by atoms with Gasteiger partial charge in [0.2, 0.25) is 0 Å². The van der Waals surface area contributed by atoms with Crippen LogP contribution in [0.15, 0.2) is 36.4 Å². The lowest BCUT2D eigenvalue weighted by atomic mass is 10.3. The van der Waals surface area contributed by atoms with E-state index in [-0.39, 0.29) is 21.6 Å². The lowest BCUT2D eigenvalue weighted by molar-refractivity contribution is 0.247. The molecule has 0 fully saturated rings. The number of phenols is 1. The molecule has 0 aliphatic carbocycles. The molecule has 0 radical (unpaired) electrons. The van der Waals surface area contributed by atoms with Crippen LogP contribution in [0.2, 0.25) is 10.0 Å². The zero-order valence-corrected chi connectivity index (χ0v) is 12.5. The van der Waals surface area contributed by atoms with Crippen LogP contribution in [0.4, 0.5) is 4.39 Å². The predicted octanol–water partition coefficient (Wildman–Crippen LogP) is 4.69. The molecule has 2 rings (SSSR count). The van der Waals surface area contributed by atoms with Crippen molar-refractivity contribution >= 4 is 23.2 Å². The molecule has 6 heteroatoms. The average Bonchev–Trinajstić information content (AvgIpc) is 2.43. The van der Waals surface area contributed by atoms with E-state index in [0.717, 1.165) is 0 Å². The quantitative estimate of drug-likeness (QED) is 0.781. The minimum Gasteiger partial charge on any atom is -0.508 e. The lowest BCUT2D eigenvalue weighted by Gasteiger charge is -2.11. The summed E-state index contributed by atoms with van der Waals surface area (Å²) in [6, 6.07) is 8.51. The van der Waals surface area contributed by atoms with Crippen molar-refractivity contribution in [1.29, 1.82) is 0 Å². The van der Waals surface area contributed by atoms with E-state index in [1.807, 2.05) is 0 Å². The van der Waals surface area contributed by atoms with Gasteiger partial charge in [0.05, 0.1) is 23.3 Å². The van der Waals surface area contributed by atoms with Gasteiger partial charge in [0, 0.05) is 18.6 Å². The SMILES string of the molecule is Oc1cc(Cl)c(OCCCOc2ccc(F)cc2)c(Cl)c1. The molecule has 0 saturated carbocycles. The summed E-state index contributed by atoms with van der Waals surface area (Å²) in [4.78, 5) is 0. The molecular weight excluding hydrogens is 318 g/mol. The van der Waals surface area contributed by atoms with Crippen molar-refractivity contribution in [2.75, 3.05) is 13.2 Å². The van der Waals surface area contributed by atoms with Crippen LogP contribution < -0.4 is 9.47 Å². The van der Waals surface area contributed by atoms with Gasteiger partial charge in [-0.1, -0.05) is 23.2 Å². The number of benzene rings is 2. The van der Waals surface area contributed by atoms with Crippen molar-refractivity contribution in [1.82, 2.24) is 0 Å². The molecule has 0 amide bonds. The van der Waals surface area contributed by atoms with Crippen LogP contribution in [0.1, 0.15) is 6.42 Å². The Morgan fingerprint density at radius 1 is 0.952 bits per heavy atom. The van der Waals surface area contributed by atoms with Crippen molar-refractivity contribution in [3.05, 3.63) is 52.3 Å². The Hall–Kier alpha value is -1.65. The fourth-order valence-electron chi connectivity index (χ4n) is 1.64. The first-order valence-electron chi connectivity index (χ1n) is 6.25. The molecule has 21 heavy (non-hydrogen) atoms. The zero-order valence-electron chi connectivity index (χ0n) is 11.0. The maximum atomic E-state index is 12.7. The lowest BCUT2D eigenvalue weighted by Crippen LogP contribution is -2.05. The number of phenolic OH excluding ortho intramolecular Hbond substituents is 1. The van der Waals surface area contributed by atoms with Gasteiger partial charge in [0.1, 0.15) is 17.3 Å². The summed E-state index contributed by atoms with van der Waals surface area (Å²) in [5.41, 5.74) is 0. The van der Waals surface area contributed by atoms with Crippen LogP contribution in [-0.2, 0) is 0 Å². The van der Waals surface area contributed by atoms with Crippen LogP contribution >= 0.6 is 23.2 Å². The second-order valence-electron chi connectivity index (χ2n) is 4.24. The highest BCUT2D eigenvalue weighted by Gasteiger charge is 2.09. The number of aromatic hydroxyl groups is 1. The Kier molecular flexibility index (Phi) is 5.53. The molecule has 3 nitrogen and oxygen atoms in total. The molecule has 0 unspecified atom stereocenters. The van der Waals surface area contributed by atoms with Gasteiger partial charge in [0.25, 0.3) is 0 Å². The van der Waals surface area contributed by atoms with Gasteiger partial charge in [-0.3, -0.25) is 0 Å². The van der Waals surface area contributed by atoms with Crippen molar-refractivity contribution in [2.45, 2.75) is 6.42 Å². The van der Waals surface area contributed by atoms with Gasteiger partial charge >= 0.3 is 0 Å². The Morgan fingerprint density at radius 3 is 2.14 bits per heavy atom. The molecule has 0 saturated heterocycles. The van der Waals surface area contributed by atoms with E-state index in [0.29, 0.717) is 31.1 Å². The van der Waals surface area contributed by atoms with Crippen LogP contribution in [0.25, 0.3) is 0 Å². The fourth-order valence-corrected chi connectivity index (χ4v) is 2.22. The first-order valence-corrected chi connectivity index (χ1v) is 7.01. The van der Waals surface area contributed by atoms with Gasteiger partial charge in [0.15, 0.2) is 5.75 Å². The van der Waals surface area contributed by atoms with Gasteiger partial charge in [-0.15, -0.1) is 0 Å². The van der Waals surface area contributed by atoms with E-state index in [1.54, 1.807) is 12.1 Å². The molecule has 2 aromatic carbocycles. The molecule has 0 aromatic heterocycles. The van der Waals surface area contributed by atoms with Gasteiger partial charge < -0.3 is 14.6 Å². The topological polar surface area (TPSA) is 38.7 Å². The predicted molar refractivity (Wildman–Crippen MR) is 80.1 cm³/mol. The van der Waals surface area contributed by atoms with Gasteiger partial charge in [-0.05, 0) is 24.3 Å². The monoisotopic (exact) mass is 330 g/mol. The first-order chi connectivity index (χ1) is 10.1. The summed E-state index contributed by atoms with van der Waals surface area (Å²) >= 11 is 11.8. The Morgan fingerprint density at radius 2 is 1.52 bits per heavy atom. The highest BCUT2D eigenvalue weighted by atomic mass is 35.5. The molecule has 0 aliphatic heterocycles. The molecule has 0 aliphatic rings. The maximum Gasteiger partial charge on any atom is 0.156 e.